The van der Waals surface area contributed by atoms with Crippen molar-refractivity contribution in [3.63, 3.8) is 0 Å². The molecule has 1 N–H and O–H groups in total. The number of aryl methyl sites for hydroxylation is 2. The zero-order valence-corrected chi connectivity index (χ0v) is 14.3. The first-order valence-corrected chi connectivity index (χ1v) is 7.98. The quantitative estimate of drug-likeness (QED) is 0.777. The van der Waals surface area contributed by atoms with Crippen LogP contribution in [0.4, 0.5) is 4.39 Å². The van der Waals surface area contributed by atoms with E-state index in [4.69, 9.17) is 10.00 Å². The van der Waals surface area contributed by atoms with Crippen LogP contribution in [0.5, 0.6) is 11.5 Å². The molecule has 0 atom stereocenters. The minimum absolute atomic E-state index is 0.112. The van der Waals surface area contributed by atoms with Gasteiger partial charge in [0.05, 0.1) is 17.3 Å². The third-order valence-corrected chi connectivity index (χ3v) is 3.88. The first kappa shape index (κ1) is 17.4. The van der Waals surface area contributed by atoms with Crippen LogP contribution in [0, 0.1) is 31.0 Å². The molecular formula is C20H16FN3O2. The Bertz CT molecular complexity index is 1050. The number of H-pyrrole nitrogens is 1. The number of rotatable bonds is 4. The number of hydrogen-bond donors (Lipinski definition) is 1. The van der Waals surface area contributed by atoms with Gasteiger partial charge in [0, 0.05) is 12.5 Å². The van der Waals surface area contributed by atoms with Crippen molar-refractivity contribution in [2.24, 2.45) is 0 Å². The van der Waals surface area contributed by atoms with E-state index in [1.54, 1.807) is 43.3 Å². The molecule has 0 aliphatic heterocycles. The lowest BCUT2D eigenvalue weighted by Crippen LogP contribution is -2.08. The molecule has 0 radical (unpaired) electrons. The van der Waals surface area contributed by atoms with Crippen LogP contribution < -0.4 is 10.3 Å². The van der Waals surface area contributed by atoms with Crippen LogP contribution in [0.15, 0.2) is 47.3 Å². The van der Waals surface area contributed by atoms with Crippen LogP contribution >= 0.6 is 0 Å². The van der Waals surface area contributed by atoms with E-state index in [1.807, 2.05) is 6.92 Å². The molecule has 1 aromatic heterocycles. The minimum atomic E-state index is -0.488. The fourth-order valence-corrected chi connectivity index (χ4v) is 2.61. The van der Waals surface area contributed by atoms with Crippen molar-refractivity contribution in [1.82, 2.24) is 10.2 Å². The molecule has 1 heterocycles. The Kier molecular flexibility index (Phi) is 4.81. The van der Waals surface area contributed by atoms with Crippen molar-refractivity contribution < 1.29 is 9.13 Å². The molecule has 0 saturated carbocycles. The van der Waals surface area contributed by atoms with E-state index in [1.165, 1.54) is 6.07 Å². The summed E-state index contributed by atoms with van der Waals surface area (Å²) in [5.41, 5.74) is 2.58. The molecule has 130 valence electrons. The van der Waals surface area contributed by atoms with Crippen molar-refractivity contribution >= 4 is 0 Å². The second-order valence-corrected chi connectivity index (χ2v) is 6.02. The largest absolute Gasteiger partial charge is 0.454 e. The fourth-order valence-electron chi connectivity index (χ4n) is 2.61. The highest BCUT2D eigenvalue weighted by Crippen LogP contribution is 2.31. The lowest BCUT2D eigenvalue weighted by Gasteiger charge is -2.13. The van der Waals surface area contributed by atoms with E-state index >= 15 is 0 Å². The second kappa shape index (κ2) is 7.19. The number of ether oxygens (including phenoxy) is 1. The maximum atomic E-state index is 15.0. The highest BCUT2D eigenvalue weighted by atomic mass is 19.1. The number of hydrogen-bond acceptors (Lipinski definition) is 4. The summed E-state index contributed by atoms with van der Waals surface area (Å²) in [5, 5.41) is 15.3. The van der Waals surface area contributed by atoms with E-state index in [9.17, 15) is 9.18 Å². The van der Waals surface area contributed by atoms with Gasteiger partial charge in [0.1, 0.15) is 5.75 Å². The average Bonchev–Trinajstić information content (AvgIpc) is 2.62. The van der Waals surface area contributed by atoms with Gasteiger partial charge in [0.25, 0.3) is 5.56 Å². The molecule has 3 aromatic rings. The maximum absolute atomic E-state index is 15.0. The van der Waals surface area contributed by atoms with E-state index in [-0.39, 0.29) is 17.7 Å². The lowest BCUT2D eigenvalue weighted by molar-refractivity contribution is 0.435. The van der Waals surface area contributed by atoms with Gasteiger partial charge >= 0.3 is 0 Å². The Labute approximate surface area is 149 Å². The number of aromatic amines is 1. The molecule has 0 unspecified atom stereocenters. The summed E-state index contributed by atoms with van der Waals surface area (Å²) in [6.07, 6.45) is 0.219. The zero-order valence-electron chi connectivity index (χ0n) is 14.3. The second-order valence-electron chi connectivity index (χ2n) is 6.02. The SMILES string of the molecule is Cc1cc(C#N)cc(Oc2c(C)ccc(Cc3ccc(=O)[nH]n3)c2F)c1. The Morgan fingerprint density at radius 2 is 2.00 bits per heavy atom. The fraction of sp³-hybridized carbons (Fsp3) is 0.150. The monoisotopic (exact) mass is 349 g/mol. The van der Waals surface area contributed by atoms with Crippen LogP contribution in [-0.4, -0.2) is 10.2 Å². The number of nitrogens with zero attached hydrogens (tertiary/aromatic N) is 2. The zero-order chi connectivity index (χ0) is 18.7. The van der Waals surface area contributed by atoms with Crippen LogP contribution in [0.25, 0.3) is 0 Å². The third kappa shape index (κ3) is 3.78. The minimum Gasteiger partial charge on any atom is -0.454 e. The van der Waals surface area contributed by atoms with Crippen molar-refractivity contribution in [3.05, 3.63) is 86.6 Å². The highest BCUT2D eigenvalue weighted by Gasteiger charge is 2.15. The average molecular weight is 349 g/mol. The number of nitriles is 1. The van der Waals surface area contributed by atoms with E-state index in [2.05, 4.69) is 16.3 Å². The van der Waals surface area contributed by atoms with E-state index in [0.29, 0.717) is 28.1 Å². The third-order valence-electron chi connectivity index (χ3n) is 3.88. The van der Waals surface area contributed by atoms with E-state index < -0.39 is 5.82 Å². The maximum Gasteiger partial charge on any atom is 0.264 e. The smallest absolute Gasteiger partial charge is 0.264 e. The van der Waals surface area contributed by atoms with Gasteiger partial charge in [-0.05, 0) is 54.8 Å². The molecule has 0 bridgehead atoms. The predicted octanol–water partition coefficient (Wildman–Crippen LogP) is 3.78. The Balaban J connectivity index is 1.95. The molecule has 0 amide bonds. The van der Waals surface area contributed by atoms with Crippen molar-refractivity contribution in [2.75, 3.05) is 0 Å². The highest BCUT2D eigenvalue weighted by molar-refractivity contribution is 5.46. The van der Waals surface area contributed by atoms with Gasteiger partial charge in [0.2, 0.25) is 0 Å². The summed E-state index contributed by atoms with van der Waals surface area (Å²) >= 11 is 0. The van der Waals surface area contributed by atoms with Gasteiger partial charge in [-0.1, -0.05) is 12.1 Å². The summed E-state index contributed by atoms with van der Waals surface area (Å²) in [6, 6.07) is 13.4. The first-order valence-electron chi connectivity index (χ1n) is 7.98. The van der Waals surface area contributed by atoms with Gasteiger partial charge < -0.3 is 4.74 Å². The number of aromatic nitrogens is 2. The predicted molar refractivity (Wildman–Crippen MR) is 94.8 cm³/mol. The molecular weight excluding hydrogens is 333 g/mol. The first-order chi connectivity index (χ1) is 12.5. The summed E-state index contributed by atoms with van der Waals surface area (Å²) in [7, 11) is 0. The van der Waals surface area contributed by atoms with E-state index in [0.717, 1.165) is 5.56 Å². The molecule has 2 aromatic carbocycles. The molecule has 0 fully saturated rings. The number of nitrogens with one attached hydrogen (secondary N) is 1. The van der Waals surface area contributed by atoms with Crippen LogP contribution in [0.2, 0.25) is 0 Å². The Morgan fingerprint density at radius 3 is 2.69 bits per heavy atom. The number of halogens is 1. The lowest BCUT2D eigenvalue weighted by atomic mass is 10.1. The van der Waals surface area contributed by atoms with Crippen LogP contribution in [0.3, 0.4) is 0 Å². The van der Waals surface area contributed by atoms with Gasteiger partial charge in [-0.2, -0.15) is 10.4 Å². The summed E-state index contributed by atoms with van der Waals surface area (Å²) in [5.74, 6) is 0.0299. The molecule has 6 heteroatoms. The Morgan fingerprint density at radius 1 is 1.19 bits per heavy atom. The molecule has 3 rings (SSSR count). The molecule has 0 aliphatic rings. The van der Waals surface area contributed by atoms with Gasteiger partial charge in [0.15, 0.2) is 11.6 Å². The number of benzene rings is 2. The summed E-state index contributed by atoms with van der Waals surface area (Å²) < 4.78 is 20.7. The molecule has 0 spiro atoms. The molecule has 0 aliphatic carbocycles. The van der Waals surface area contributed by atoms with Crippen molar-refractivity contribution in [3.8, 4) is 17.6 Å². The molecule has 26 heavy (non-hydrogen) atoms. The normalized spacial score (nSPS) is 10.4. The van der Waals surface area contributed by atoms with Crippen LogP contribution in [0.1, 0.15) is 27.9 Å². The Hall–Kier alpha value is -3.46. The summed E-state index contributed by atoms with van der Waals surface area (Å²) in [4.78, 5) is 11.1. The molecule has 0 saturated heterocycles. The van der Waals surface area contributed by atoms with Gasteiger partial charge in [-0.25, -0.2) is 9.49 Å². The van der Waals surface area contributed by atoms with Gasteiger partial charge in [-0.3, -0.25) is 4.79 Å². The van der Waals surface area contributed by atoms with Crippen molar-refractivity contribution in [1.29, 1.82) is 5.26 Å². The van der Waals surface area contributed by atoms with Gasteiger partial charge in [-0.15, -0.1) is 0 Å². The standard InChI is InChI=1S/C20H16FN3O2/c1-12-7-14(11-22)9-17(8-12)26-20-13(2)3-4-15(19(20)21)10-16-5-6-18(25)24-23-16/h3-9H,10H2,1-2H3,(H,24,25). The summed E-state index contributed by atoms with van der Waals surface area (Å²) in [6.45, 7) is 3.59. The van der Waals surface area contributed by atoms with Crippen molar-refractivity contribution in [2.45, 2.75) is 20.3 Å². The topological polar surface area (TPSA) is 78.8 Å². The molecule has 5 nitrogen and oxygen atoms in total. The van der Waals surface area contributed by atoms with Crippen LogP contribution in [-0.2, 0) is 6.42 Å².